The minimum atomic E-state index is -0.263. The number of hydrogen-bond donors (Lipinski definition) is 1. The molecule has 0 saturated heterocycles. The van der Waals surface area contributed by atoms with Gasteiger partial charge in [0.05, 0.1) is 11.1 Å². The fraction of sp³-hybridized carbons (Fsp3) is 0.111. The molecule has 0 radical (unpaired) electrons. The van der Waals surface area contributed by atoms with E-state index < -0.39 is 0 Å². The van der Waals surface area contributed by atoms with E-state index in [1.165, 1.54) is 11.5 Å². The quantitative estimate of drug-likeness (QED) is 0.753. The zero-order valence-corrected chi connectivity index (χ0v) is 13.5. The number of rotatable bonds is 2. The number of carbonyl (C=O) groups excluding carboxylic acids is 2. The van der Waals surface area contributed by atoms with E-state index in [0.29, 0.717) is 27.2 Å². The molecule has 3 aromatic rings. The maximum atomic E-state index is 12.6. The normalized spacial score (nSPS) is 10.7. The van der Waals surface area contributed by atoms with Crippen LogP contribution >= 0.6 is 11.6 Å². The summed E-state index contributed by atoms with van der Waals surface area (Å²) in [5, 5.41) is 4.05. The molecule has 0 bridgehead atoms. The molecule has 0 fully saturated rings. The first kappa shape index (κ1) is 15.3. The Morgan fingerprint density at radius 3 is 2.43 bits per heavy atom. The van der Waals surface area contributed by atoms with Crippen LogP contribution in [0.3, 0.4) is 0 Å². The number of anilines is 1. The van der Waals surface area contributed by atoms with Crippen molar-refractivity contribution in [1.82, 2.24) is 4.57 Å². The van der Waals surface area contributed by atoms with Crippen molar-refractivity contribution in [3.8, 4) is 0 Å². The van der Waals surface area contributed by atoms with Crippen LogP contribution < -0.4 is 5.32 Å². The fourth-order valence-electron chi connectivity index (χ4n) is 2.48. The Labute approximate surface area is 138 Å². The number of hydrogen-bond acceptors (Lipinski definition) is 2. The average molecular weight is 327 g/mol. The third kappa shape index (κ3) is 2.98. The Morgan fingerprint density at radius 2 is 1.78 bits per heavy atom. The number of nitrogens with zero attached hydrogens (tertiary/aromatic N) is 1. The van der Waals surface area contributed by atoms with Crippen molar-refractivity contribution in [2.24, 2.45) is 0 Å². The predicted molar refractivity (Wildman–Crippen MR) is 92.4 cm³/mol. The van der Waals surface area contributed by atoms with Crippen molar-refractivity contribution >= 4 is 40.0 Å². The Morgan fingerprint density at radius 1 is 1.09 bits per heavy atom. The number of nitrogens with one attached hydrogen (secondary N) is 1. The minimum Gasteiger partial charge on any atom is -0.322 e. The summed E-state index contributed by atoms with van der Waals surface area (Å²) < 4.78 is 1.44. The molecule has 0 aliphatic carbocycles. The molecule has 4 nitrogen and oxygen atoms in total. The second kappa shape index (κ2) is 5.89. The van der Waals surface area contributed by atoms with Gasteiger partial charge in [-0.25, -0.2) is 0 Å². The van der Waals surface area contributed by atoms with Crippen molar-refractivity contribution in [3.63, 3.8) is 0 Å². The highest BCUT2D eigenvalue weighted by atomic mass is 35.5. The molecule has 1 N–H and O–H groups in total. The molecule has 0 saturated carbocycles. The standard InChI is InChI=1S/C18H15ClN2O2/c1-11-3-6-14(7-4-11)20-18(23)16-10-21(12(2)22)17-9-13(19)5-8-15(16)17/h3-10H,1-2H3,(H,20,23). The number of fused-ring (bicyclic) bond motifs is 1. The molecule has 0 unspecified atom stereocenters. The summed E-state index contributed by atoms with van der Waals surface area (Å²) >= 11 is 6.00. The van der Waals surface area contributed by atoms with Crippen LogP contribution in [0.2, 0.25) is 5.02 Å². The summed E-state index contributed by atoms with van der Waals surface area (Å²) in [6, 6.07) is 12.7. The highest BCUT2D eigenvalue weighted by molar-refractivity contribution is 6.31. The van der Waals surface area contributed by atoms with Crippen molar-refractivity contribution < 1.29 is 9.59 Å². The monoisotopic (exact) mass is 326 g/mol. The molecule has 0 spiro atoms. The van der Waals surface area contributed by atoms with E-state index in [2.05, 4.69) is 5.32 Å². The Bertz CT molecular complexity index is 911. The minimum absolute atomic E-state index is 0.174. The van der Waals surface area contributed by atoms with Crippen LogP contribution in [0.4, 0.5) is 5.69 Å². The van der Waals surface area contributed by atoms with E-state index in [0.717, 1.165) is 5.56 Å². The SMILES string of the molecule is CC(=O)n1cc(C(=O)Nc2ccc(C)cc2)c2ccc(Cl)cc21. The Hall–Kier alpha value is -2.59. The maximum absolute atomic E-state index is 12.6. The van der Waals surface area contributed by atoms with Crippen LogP contribution in [0.15, 0.2) is 48.7 Å². The number of aryl methyl sites for hydroxylation is 1. The van der Waals surface area contributed by atoms with Gasteiger partial charge in [-0.2, -0.15) is 0 Å². The first-order valence-corrected chi connectivity index (χ1v) is 7.53. The molecule has 1 heterocycles. The zero-order chi connectivity index (χ0) is 16.6. The topological polar surface area (TPSA) is 51.1 Å². The second-order valence-electron chi connectivity index (χ2n) is 5.41. The first-order chi connectivity index (χ1) is 11.0. The fourth-order valence-corrected chi connectivity index (χ4v) is 2.64. The van der Waals surface area contributed by atoms with E-state index in [1.54, 1.807) is 24.4 Å². The van der Waals surface area contributed by atoms with Gasteiger partial charge in [0.1, 0.15) is 0 Å². The smallest absolute Gasteiger partial charge is 0.257 e. The van der Waals surface area contributed by atoms with Gasteiger partial charge in [-0.05, 0) is 31.2 Å². The molecule has 5 heteroatoms. The Balaban J connectivity index is 2.03. The zero-order valence-electron chi connectivity index (χ0n) is 12.8. The van der Waals surface area contributed by atoms with Gasteiger partial charge >= 0.3 is 0 Å². The molecular weight excluding hydrogens is 312 g/mol. The van der Waals surface area contributed by atoms with Crippen molar-refractivity contribution in [1.29, 1.82) is 0 Å². The van der Waals surface area contributed by atoms with E-state index in [9.17, 15) is 9.59 Å². The maximum Gasteiger partial charge on any atom is 0.257 e. The van der Waals surface area contributed by atoms with E-state index in [1.807, 2.05) is 31.2 Å². The lowest BCUT2D eigenvalue weighted by molar-refractivity contribution is 0.0941. The van der Waals surface area contributed by atoms with Gasteiger partial charge in [-0.1, -0.05) is 35.4 Å². The predicted octanol–water partition coefficient (Wildman–Crippen LogP) is 4.52. The van der Waals surface area contributed by atoms with Gasteiger partial charge in [0.2, 0.25) is 5.91 Å². The highest BCUT2D eigenvalue weighted by Gasteiger charge is 2.17. The molecule has 1 aromatic heterocycles. The van der Waals surface area contributed by atoms with Crippen LogP contribution in [-0.4, -0.2) is 16.4 Å². The lowest BCUT2D eigenvalue weighted by Gasteiger charge is -2.04. The molecule has 3 rings (SSSR count). The molecule has 23 heavy (non-hydrogen) atoms. The summed E-state index contributed by atoms with van der Waals surface area (Å²) in [6.45, 7) is 3.43. The molecule has 2 aromatic carbocycles. The van der Waals surface area contributed by atoms with Crippen LogP contribution in [0.5, 0.6) is 0 Å². The van der Waals surface area contributed by atoms with Gasteiger partial charge in [-0.3, -0.25) is 14.2 Å². The number of aromatic nitrogens is 1. The largest absolute Gasteiger partial charge is 0.322 e. The molecule has 0 atom stereocenters. The summed E-state index contributed by atoms with van der Waals surface area (Å²) in [7, 11) is 0. The molecule has 0 aliphatic heterocycles. The second-order valence-corrected chi connectivity index (χ2v) is 5.85. The van der Waals surface area contributed by atoms with Gasteiger partial charge in [-0.15, -0.1) is 0 Å². The third-order valence-electron chi connectivity index (χ3n) is 3.66. The third-order valence-corrected chi connectivity index (χ3v) is 3.90. The van der Waals surface area contributed by atoms with Crippen LogP contribution in [0, 0.1) is 6.92 Å². The molecule has 116 valence electrons. The summed E-state index contributed by atoms with van der Waals surface area (Å²) in [5.74, 6) is -0.437. The van der Waals surface area contributed by atoms with Gasteiger partial charge in [0.25, 0.3) is 5.91 Å². The van der Waals surface area contributed by atoms with E-state index in [-0.39, 0.29) is 11.8 Å². The van der Waals surface area contributed by atoms with Crippen LogP contribution in [0.1, 0.15) is 27.6 Å². The first-order valence-electron chi connectivity index (χ1n) is 7.15. The lowest BCUT2D eigenvalue weighted by atomic mass is 10.1. The van der Waals surface area contributed by atoms with Gasteiger partial charge < -0.3 is 5.32 Å². The molecule has 0 aliphatic rings. The summed E-state index contributed by atoms with van der Waals surface area (Å²) in [5.41, 5.74) is 2.88. The number of benzene rings is 2. The van der Waals surface area contributed by atoms with Crippen molar-refractivity contribution in [2.45, 2.75) is 13.8 Å². The summed E-state index contributed by atoms with van der Waals surface area (Å²) in [4.78, 5) is 24.4. The van der Waals surface area contributed by atoms with Gasteiger partial charge in [0.15, 0.2) is 0 Å². The summed E-state index contributed by atoms with van der Waals surface area (Å²) in [6.07, 6.45) is 1.55. The van der Waals surface area contributed by atoms with Gasteiger partial charge in [0, 0.05) is 29.2 Å². The number of halogens is 1. The lowest BCUT2D eigenvalue weighted by Crippen LogP contribution is -2.11. The Kier molecular flexibility index (Phi) is 3.92. The van der Waals surface area contributed by atoms with Crippen LogP contribution in [-0.2, 0) is 0 Å². The number of amides is 1. The number of carbonyl (C=O) groups is 2. The molecule has 1 amide bonds. The van der Waals surface area contributed by atoms with Crippen LogP contribution in [0.25, 0.3) is 10.9 Å². The highest BCUT2D eigenvalue weighted by Crippen LogP contribution is 2.25. The van der Waals surface area contributed by atoms with E-state index >= 15 is 0 Å². The van der Waals surface area contributed by atoms with Crippen molar-refractivity contribution in [3.05, 3.63) is 64.8 Å². The van der Waals surface area contributed by atoms with Crippen molar-refractivity contribution in [2.75, 3.05) is 5.32 Å². The van der Waals surface area contributed by atoms with E-state index in [4.69, 9.17) is 11.6 Å². The molecular formula is C18H15ClN2O2. The average Bonchev–Trinajstić information content (AvgIpc) is 2.88.